The monoisotopic (exact) mass is 617 g/mol. The van der Waals surface area contributed by atoms with Gasteiger partial charge in [0.2, 0.25) is 5.91 Å². The largest absolute Gasteiger partial charge is 0.417 e. The van der Waals surface area contributed by atoms with Crippen LogP contribution in [-0.4, -0.2) is 30.6 Å². The number of rotatable bonds is 14. The first-order chi connectivity index (χ1) is 20.1. The molecule has 1 unspecified atom stereocenters. The number of alkyl halides is 3. The van der Waals surface area contributed by atoms with Crippen molar-refractivity contribution in [3.05, 3.63) is 88.2 Å². The average molecular weight is 618 g/mol. The van der Waals surface area contributed by atoms with Crippen LogP contribution in [0.2, 0.25) is 5.02 Å². The lowest BCUT2D eigenvalue weighted by molar-refractivity contribution is -0.137. The van der Waals surface area contributed by atoms with Crippen molar-refractivity contribution in [2.45, 2.75) is 72.8 Å². The molecule has 6 nitrogen and oxygen atoms in total. The molecular formula is C33H43ClF3N5O. The average Bonchev–Trinajstić information content (AvgIpc) is 2.92. The van der Waals surface area contributed by atoms with Gasteiger partial charge in [-0.05, 0) is 85.2 Å². The predicted octanol–water partition coefficient (Wildman–Crippen LogP) is 7.69. The minimum absolute atomic E-state index is 0.0486. The lowest BCUT2D eigenvalue weighted by Gasteiger charge is -2.34. The summed E-state index contributed by atoms with van der Waals surface area (Å²) in [5.74, 6) is 0.0486. The fourth-order valence-corrected chi connectivity index (χ4v) is 5.64. The molecule has 3 rings (SSSR count). The molecule has 1 aromatic heterocycles. The van der Waals surface area contributed by atoms with E-state index in [1.807, 2.05) is 57.3 Å². The maximum absolute atomic E-state index is 13.2. The summed E-state index contributed by atoms with van der Waals surface area (Å²) >= 11 is 5.72. The van der Waals surface area contributed by atoms with Crippen LogP contribution in [-0.2, 0) is 30.4 Å². The van der Waals surface area contributed by atoms with Crippen molar-refractivity contribution in [1.82, 2.24) is 15.6 Å². The van der Waals surface area contributed by atoms with Crippen LogP contribution in [0.25, 0.3) is 0 Å². The minimum atomic E-state index is -4.51. The van der Waals surface area contributed by atoms with E-state index in [9.17, 15) is 18.0 Å². The van der Waals surface area contributed by atoms with Crippen LogP contribution in [0.3, 0.4) is 0 Å². The number of benzene rings is 2. The summed E-state index contributed by atoms with van der Waals surface area (Å²) < 4.78 is 39.5. The molecule has 0 saturated heterocycles. The second kappa shape index (κ2) is 14.4. The summed E-state index contributed by atoms with van der Waals surface area (Å²) in [5.41, 5.74) is 3.17. The molecule has 1 atom stereocenters. The fourth-order valence-electron chi connectivity index (χ4n) is 5.41. The van der Waals surface area contributed by atoms with E-state index in [-0.39, 0.29) is 22.5 Å². The molecule has 10 heteroatoms. The minimum Gasteiger partial charge on any atom is -0.366 e. The van der Waals surface area contributed by atoms with E-state index in [0.29, 0.717) is 12.2 Å². The number of anilines is 2. The van der Waals surface area contributed by atoms with Gasteiger partial charge in [-0.1, -0.05) is 51.4 Å². The number of aryl methyl sites for hydroxylation is 2. The number of hydrogen-bond donors (Lipinski definition) is 4. The van der Waals surface area contributed by atoms with Crippen molar-refractivity contribution in [3.63, 3.8) is 0 Å². The lowest BCUT2D eigenvalue weighted by atomic mass is 9.74. The number of carbonyl (C=O) groups is 1. The molecule has 234 valence electrons. The first-order valence-electron chi connectivity index (χ1n) is 14.4. The Balaban J connectivity index is 1.47. The van der Waals surface area contributed by atoms with Gasteiger partial charge in [0.25, 0.3) is 0 Å². The smallest absolute Gasteiger partial charge is 0.366 e. The Bertz CT molecular complexity index is 1360. The maximum Gasteiger partial charge on any atom is 0.417 e. The van der Waals surface area contributed by atoms with Gasteiger partial charge in [0, 0.05) is 43.1 Å². The van der Waals surface area contributed by atoms with E-state index in [1.165, 1.54) is 23.3 Å². The second-order valence-electron chi connectivity index (χ2n) is 12.5. The number of aromatic nitrogens is 1. The summed E-state index contributed by atoms with van der Waals surface area (Å²) in [4.78, 5) is 16.7. The Labute approximate surface area is 258 Å². The quantitative estimate of drug-likeness (QED) is 0.140. The molecule has 0 aliphatic heterocycles. The molecule has 0 radical (unpaired) electrons. The molecule has 0 aliphatic carbocycles. The van der Waals surface area contributed by atoms with E-state index in [2.05, 4.69) is 46.2 Å². The number of amides is 1. The van der Waals surface area contributed by atoms with Gasteiger partial charge in [0.15, 0.2) is 0 Å². The number of pyridine rings is 1. The molecule has 0 fully saturated rings. The van der Waals surface area contributed by atoms with Gasteiger partial charge < -0.3 is 21.3 Å². The predicted molar refractivity (Wildman–Crippen MR) is 169 cm³/mol. The van der Waals surface area contributed by atoms with Crippen molar-refractivity contribution in [2.75, 3.05) is 24.2 Å². The molecule has 1 amide bonds. The van der Waals surface area contributed by atoms with E-state index in [4.69, 9.17) is 11.6 Å². The van der Waals surface area contributed by atoms with Crippen LogP contribution in [0.15, 0.2) is 60.8 Å². The molecule has 1 heterocycles. The molecule has 0 aliphatic rings. The topological polar surface area (TPSA) is 78.1 Å². The number of hydrogen-bond acceptors (Lipinski definition) is 5. The molecule has 4 N–H and O–H groups in total. The van der Waals surface area contributed by atoms with Crippen molar-refractivity contribution in [1.29, 1.82) is 0 Å². The fraction of sp³-hybridized carbons (Fsp3) is 0.455. The van der Waals surface area contributed by atoms with Gasteiger partial charge in [-0.25, -0.2) is 0 Å². The maximum atomic E-state index is 13.2. The standard InChI is InChI=1S/C33H43ClF3N5O/c1-22(42-26-13-14-29(34)28(18-26)33(35,36)37)41-25-11-9-23(10-12-25)7-8-24-15-16-40-27(17-24)19-39-21-31(2,3)20-32(4,5)30(43)38-6/h9-18,22,39,41-42H,7-8,19-21H2,1-6H3,(H,38,43). The van der Waals surface area contributed by atoms with Crippen LogP contribution >= 0.6 is 11.6 Å². The Morgan fingerprint density at radius 2 is 1.53 bits per heavy atom. The summed E-state index contributed by atoms with van der Waals surface area (Å²) in [6.07, 6.45) is -0.506. The Morgan fingerprint density at radius 1 is 0.907 bits per heavy atom. The number of carbonyl (C=O) groups excluding carboxylic acids is 1. The number of halogens is 4. The summed E-state index contributed by atoms with van der Waals surface area (Å²) in [7, 11) is 1.67. The zero-order valence-corrected chi connectivity index (χ0v) is 26.5. The first kappa shape index (κ1) is 34.2. The molecule has 43 heavy (non-hydrogen) atoms. The molecule has 2 aromatic carbocycles. The number of nitrogens with zero attached hydrogens (tertiary/aromatic N) is 1. The van der Waals surface area contributed by atoms with Crippen molar-refractivity contribution < 1.29 is 18.0 Å². The van der Waals surface area contributed by atoms with Crippen molar-refractivity contribution >= 4 is 28.9 Å². The molecule has 3 aromatic rings. The van der Waals surface area contributed by atoms with Gasteiger partial charge in [-0.15, -0.1) is 0 Å². The molecular weight excluding hydrogens is 575 g/mol. The first-order valence-corrected chi connectivity index (χ1v) is 14.8. The third-order valence-corrected chi connectivity index (χ3v) is 7.58. The summed E-state index contributed by atoms with van der Waals surface area (Å²) in [6.45, 7) is 11.5. The highest BCUT2D eigenvalue weighted by molar-refractivity contribution is 6.31. The van der Waals surface area contributed by atoms with Gasteiger partial charge in [-0.3, -0.25) is 9.78 Å². The van der Waals surface area contributed by atoms with Crippen LogP contribution in [0, 0.1) is 10.8 Å². The Hall–Kier alpha value is -3.30. The van der Waals surface area contributed by atoms with Gasteiger partial charge in [0.1, 0.15) is 0 Å². The van der Waals surface area contributed by atoms with E-state index < -0.39 is 17.2 Å². The second-order valence-corrected chi connectivity index (χ2v) is 12.9. The SMILES string of the molecule is CNC(=O)C(C)(C)CC(C)(C)CNCc1cc(CCc2ccc(NC(C)Nc3ccc(Cl)c(C(F)(F)F)c3)cc2)ccn1. The van der Waals surface area contributed by atoms with E-state index >= 15 is 0 Å². The molecule has 0 saturated carbocycles. The van der Waals surface area contributed by atoms with Gasteiger partial charge in [-0.2, -0.15) is 13.2 Å². The third-order valence-electron chi connectivity index (χ3n) is 7.25. The summed E-state index contributed by atoms with van der Waals surface area (Å²) in [5, 5.41) is 12.2. The molecule has 0 spiro atoms. The van der Waals surface area contributed by atoms with Crippen molar-refractivity contribution in [3.8, 4) is 0 Å². The van der Waals surface area contributed by atoms with E-state index in [1.54, 1.807) is 7.05 Å². The van der Waals surface area contributed by atoms with Crippen LogP contribution < -0.4 is 21.3 Å². The number of nitrogens with one attached hydrogen (secondary N) is 4. The van der Waals surface area contributed by atoms with Crippen LogP contribution in [0.4, 0.5) is 24.5 Å². The normalized spacial score (nSPS) is 13.0. The van der Waals surface area contributed by atoms with Crippen LogP contribution in [0.1, 0.15) is 63.4 Å². The van der Waals surface area contributed by atoms with Crippen molar-refractivity contribution in [2.24, 2.45) is 10.8 Å². The molecule has 0 bridgehead atoms. The zero-order valence-electron chi connectivity index (χ0n) is 25.8. The zero-order chi connectivity index (χ0) is 31.8. The Morgan fingerprint density at radius 3 is 2.19 bits per heavy atom. The van der Waals surface area contributed by atoms with Gasteiger partial charge >= 0.3 is 6.18 Å². The highest BCUT2D eigenvalue weighted by Crippen LogP contribution is 2.36. The highest BCUT2D eigenvalue weighted by atomic mass is 35.5. The van der Waals surface area contributed by atoms with Crippen LogP contribution in [0.5, 0.6) is 0 Å². The third kappa shape index (κ3) is 10.7. The Kier molecular flexibility index (Phi) is 11.5. The van der Waals surface area contributed by atoms with Gasteiger partial charge in [0.05, 0.1) is 22.4 Å². The lowest BCUT2D eigenvalue weighted by Crippen LogP contribution is -2.40. The van der Waals surface area contributed by atoms with E-state index in [0.717, 1.165) is 43.3 Å². The highest BCUT2D eigenvalue weighted by Gasteiger charge is 2.34. The summed E-state index contributed by atoms with van der Waals surface area (Å²) in [6, 6.07) is 16.0.